The van der Waals surface area contributed by atoms with E-state index in [9.17, 15) is 0 Å². The molecule has 1 aliphatic heterocycles. The Morgan fingerprint density at radius 3 is 2.53 bits per heavy atom. The van der Waals surface area contributed by atoms with Crippen LogP contribution in [-0.2, 0) is 0 Å². The smallest absolute Gasteiger partial charge is 0.0208 e. The lowest BCUT2D eigenvalue weighted by atomic mass is 9.85. The summed E-state index contributed by atoms with van der Waals surface area (Å²) in [6, 6.07) is 1.49. The summed E-state index contributed by atoms with van der Waals surface area (Å²) < 4.78 is 3.51. The normalized spacial score (nSPS) is 33.2. The maximum absolute atomic E-state index is 3.51. The van der Waals surface area contributed by atoms with Gasteiger partial charge in [0.05, 0.1) is 0 Å². The van der Waals surface area contributed by atoms with Gasteiger partial charge in [-0.1, -0.05) is 25.8 Å². The lowest BCUT2D eigenvalue weighted by Gasteiger charge is -2.34. The number of hydrogen-bond acceptors (Lipinski definition) is 3. The molecular weight excluding hydrogens is 228 g/mol. The van der Waals surface area contributed by atoms with Crippen LogP contribution in [0.15, 0.2) is 0 Å². The molecule has 0 bridgehead atoms. The lowest BCUT2D eigenvalue weighted by Crippen LogP contribution is -2.37. The fraction of sp³-hybridized carbons (Fsp3) is 1.00. The van der Waals surface area contributed by atoms with Crippen LogP contribution in [0.3, 0.4) is 0 Å². The zero-order valence-corrected chi connectivity index (χ0v) is 13.0. The summed E-state index contributed by atoms with van der Waals surface area (Å²) in [5, 5.41) is 0.842. The summed E-state index contributed by atoms with van der Waals surface area (Å²) in [5.41, 5.74) is 0. The van der Waals surface area contributed by atoms with E-state index in [0.717, 1.165) is 17.2 Å². The van der Waals surface area contributed by atoms with Crippen molar-refractivity contribution in [2.24, 2.45) is 5.92 Å². The first-order valence-corrected chi connectivity index (χ1v) is 8.16. The largest absolute Gasteiger partial charge is 0.303 e. The van der Waals surface area contributed by atoms with Gasteiger partial charge >= 0.3 is 0 Å². The van der Waals surface area contributed by atoms with E-state index in [-0.39, 0.29) is 0 Å². The highest BCUT2D eigenvalue weighted by Crippen LogP contribution is 2.38. The van der Waals surface area contributed by atoms with Gasteiger partial charge in [-0.05, 0) is 59.0 Å². The molecule has 102 valence electrons. The summed E-state index contributed by atoms with van der Waals surface area (Å²) in [5.74, 6) is 1.01. The number of likely N-dealkylation sites (tertiary alicyclic amines) is 1. The van der Waals surface area contributed by atoms with Gasteiger partial charge in [-0.25, -0.2) is 0 Å². The summed E-state index contributed by atoms with van der Waals surface area (Å²) in [7, 11) is 2.30. The van der Waals surface area contributed by atoms with E-state index < -0.39 is 0 Å². The monoisotopic (exact) mass is 258 g/mol. The average Bonchev–Trinajstić information content (AvgIpc) is 2.71. The maximum atomic E-state index is 3.51. The van der Waals surface area contributed by atoms with E-state index in [4.69, 9.17) is 0 Å². The van der Waals surface area contributed by atoms with Crippen LogP contribution < -0.4 is 4.72 Å². The van der Waals surface area contributed by atoms with Gasteiger partial charge in [-0.2, -0.15) is 0 Å². The molecule has 2 fully saturated rings. The van der Waals surface area contributed by atoms with E-state index in [0.29, 0.717) is 6.04 Å². The number of hydrogen-bond donors (Lipinski definition) is 1. The van der Waals surface area contributed by atoms with E-state index in [1.807, 2.05) is 25.8 Å². The molecule has 0 aromatic carbocycles. The molecule has 3 heteroatoms. The Morgan fingerprint density at radius 2 is 1.88 bits per heavy atom. The van der Waals surface area contributed by atoms with E-state index in [2.05, 4.69) is 30.5 Å². The summed E-state index contributed by atoms with van der Waals surface area (Å²) in [6.45, 7) is 9.77. The molecule has 2 rings (SSSR count). The highest BCUT2D eigenvalue weighted by atomic mass is 32.2. The van der Waals surface area contributed by atoms with Crippen LogP contribution in [0.5, 0.6) is 0 Å². The van der Waals surface area contributed by atoms with Crippen molar-refractivity contribution in [3.63, 3.8) is 0 Å². The van der Waals surface area contributed by atoms with Crippen molar-refractivity contribution in [2.75, 3.05) is 13.6 Å². The third-order valence-electron chi connectivity index (χ3n) is 3.80. The molecule has 0 spiro atoms. The van der Waals surface area contributed by atoms with Gasteiger partial charge in [0.15, 0.2) is 0 Å². The van der Waals surface area contributed by atoms with Gasteiger partial charge < -0.3 is 4.90 Å². The highest BCUT2D eigenvalue weighted by molar-refractivity contribution is 7.98. The van der Waals surface area contributed by atoms with Crippen molar-refractivity contribution < 1.29 is 0 Å². The van der Waals surface area contributed by atoms with Crippen LogP contribution in [0, 0.1) is 5.92 Å². The predicted molar refractivity (Wildman–Crippen MR) is 79.4 cm³/mol. The lowest BCUT2D eigenvalue weighted by molar-refractivity contribution is 0.218. The molecule has 0 aromatic heterocycles. The van der Waals surface area contributed by atoms with Gasteiger partial charge in [0, 0.05) is 17.3 Å². The van der Waals surface area contributed by atoms with Crippen molar-refractivity contribution in [3.05, 3.63) is 0 Å². The molecule has 1 aliphatic carbocycles. The number of rotatable bonds is 3. The first-order valence-electron chi connectivity index (χ1n) is 7.28. The molecule has 0 radical (unpaired) electrons. The fourth-order valence-corrected chi connectivity index (χ4v) is 3.94. The van der Waals surface area contributed by atoms with Crippen molar-refractivity contribution >= 4 is 11.9 Å². The van der Waals surface area contributed by atoms with E-state index >= 15 is 0 Å². The number of nitrogens with zero attached hydrogens (tertiary/aromatic N) is 1. The Kier molecular flexibility index (Phi) is 6.90. The van der Waals surface area contributed by atoms with Crippen molar-refractivity contribution in [3.8, 4) is 0 Å². The topological polar surface area (TPSA) is 15.3 Å². The van der Waals surface area contributed by atoms with Crippen LogP contribution in [0.1, 0.15) is 53.4 Å². The molecule has 1 N–H and O–H groups in total. The first kappa shape index (κ1) is 15.3. The Hall–Kier alpha value is 0.270. The molecule has 2 aliphatic rings. The van der Waals surface area contributed by atoms with Crippen LogP contribution >= 0.6 is 11.9 Å². The van der Waals surface area contributed by atoms with Crippen LogP contribution in [0.4, 0.5) is 0 Å². The van der Waals surface area contributed by atoms with Gasteiger partial charge in [-0.15, -0.1) is 0 Å². The van der Waals surface area contributed by atoms with E-state index in [1.54, 1.807) is 0 Å². The Bertz CT molecular complexity index is 208. The molecule has 17 heavy (non-hydrogen) atoms. The molecule has 2 nitrogen and oxygen atoms in total. The molecule has 0 aromatic rings. The fourth-order valence-electron chi connectivity index (χ4n) is 2.92. The van der Waals surface area contributed by atoms with Crippen molar-refractivity contribution in [1.29, 1.82) is 0 Å². The zero-order chi connectivity index (χ0) is 12.8. The second-order valence-electron chi connectivity index (χ2n) is 5.42. The Morgan fingerprint density at radius 1 is 1.18 bits per heavy atom. The molecule has 1 saturated carbocycles. The highest BCUT2D eigenvalue weighted by Gasteiger charge is 2.37. The van der Waals surface area contributed by atoms with Gasteiger partial charge in [0.2, 0.25) is 0 Å². The molecule has 3 unspecified atom stereocenters. The van der Waals surface area contributed by atoms with Crippen LogP contribution in [-0.4, -0.2) is 35.8 Å². The van der Waals surface area contributed by atoms with E-state index in [1.165, 1.54) is 32.2 Å². The molecule has 1 heterocycles. The number of fused-ring (bicyclic) bond motifs is 1. The zero-order valence-electron chi connectivity index (χ0n) is 12.2. The second-order valence-corrected chi connectivity index (χ2v) is 6.56. The first-order chi connectivity index (χ1) is 8.16. The Balaban J connectivity index is 0.000000686. The van der Waals surface area contributed by atoms with Gasteiger partial charge in [0.25, 0.3) is 0 Å². The molecule has 0 amide bonds. The third kappa shape index (κ3) is 4.46. The SMILES string of the molecule is CC.CC(C)NSC1CCC2CCN(C)C2C1. The summed E-state index contributed by atoms with van der Waals surface area (Å²) in [4.78, 5) is 2.58. The summed E-state index contributed by atoms with van der Waals surface area (Å²) in [6.07, 6.45) is 5.70. The minimum absolute atomic E-state index is 0.606. The summed E-state index contributed by atoms with van der Waals surface area (Å²) >= 11 is 1.98. The van der Waals surface area contributed by atoms with Gasteiger partial charge in [-0.3, -0.25) is 4.72 Å². The minimum Gasteiger partial charge on any atom is -0.303 e. The van der Waals surface area contributed by atoms with Crippen LogP contribution in [0.2, 0.25) is 0 Å². The predicted octanol–water partition coefficient (Wildman–Crippen LogP) is 3.53. The average molecular weight is 258 g/mol. The van der Waals surface area contributed by atoms with Gasteiger partial charge in [0.1, 0.15) is 0 Å². The standard InChI is InChI=1S/C12H24N2S.C2H6/c1-9(2)13-15-11-5-4-10-6-7-14(3)12(10)8-11;1-2/h9-13H,4-8H2,1-3H3;1-2H3. The third-order valence-corrected chi connectivity index (χ3v) is 5.17. The quantitative estimate of drug-likeness (QED) is 0.780. The minimum atomic E-state index is 0.606. The second kappa shape index (κ2) is 7.65. The molecule has 1 saturated heterocycles. The number of nitrogens with one attached hydrogen (secondary N) is 1. The Labute approximate surface area is 112 Å². The van der Waals surface area contributed by atoms with Crippen molar-refractivity contribution in [1.82, 2.24) is 9.62 Å². The van der Waals surface area contributed by atoms with Crippen LogP contribution in [0.25, 0.3) is 0 Å². The molecular formula is C14H30N2S. The molecule has 3 atom stereocenters. The maximum Gasteiger partial charge on any atom is 0.0208 e. The van der Waals surface area contributed by atoms with Crippen molar-refractivity contribution in [2.45, 2.75) is 70.7 Å².